The Bertz CT molecular complexity index is 977. The minimum Gasteiger partial charge on any atom is -0.335 e. The number of fused-ring (bicyclic) bond motifs is 1. The summed E-state index contributed by atoms with van der Waals surface area (Å²) in [6.07, 6.45) is 3.57. The van der Waals surface area contributed by atoms with E-state index >= 15 is 0 Å². The summed E-state index contributed by atoms with van der Waals surface area (Å²) in [5, 5.41) is 6.43. The fourth-order valence-electron chi connectivity index (χ4n) is 4.72. The van der Waals surface area contributed by atoms with Crippen molar-refractivity contribution < 1.29 is 14.0 Å². The maximum absolute atomic E-state index is 13.4. The van der Waals surface area contributed by atoms with Crippen molar-refractivity contribution in [2.24, 2.45) is 0 Å². The minimum absolute atomic E-state index is 0.0305. The molecule has 0 aromatic heterocycles. The molecule has 0 aliphatic carbocycles. The first kappa shape index (κ1) is 19.1. The lowest BCUT2D eigenvalue weighted by Crippen LogP contribution is -2.71. The minimum atomic E-state index is -0.288. The van der Waals surface area contributed by atoms with E-state index in [9.17, 15) is 14.0 Å². The molecule has 2 saturated heterocycles. The molecular weight excluding hydrogens is 383 g/mol. The van der Waals surface area contributed by atoms with E-state index in [4.69, 9.17) is 0 Å². The van der Waals surface area contributed by atoms with E-state index in [1.54, 1.807) is 35.2 Å². The summed E-state index contributed by atoms with van der Waals surface area (Å²) in [4.78, 5) is 28.8. The van der Waals surface area contributed by atoms with E-state index in [2.05, 4.69) is 10.6 Å². The van der Waals surface area contributed by atoms with Crippen LogP contribution in [0.5, 0.6) is 0 Å². The summed E-state index contributed by atoms with van der Waals surface area (Å²) >= 11 is 0. The van der Waals surface area contributed by atoms with Gasteiger partial charge in [-0.1, -0.05) is 12.5 Å². The summed E-state index contributed by atoms with van der Waals surface area (Å²) in [6.45, 7) is 3.41. The number of nitrogens with one attached hydrogen (secondary N) is 2. The van der Waals surface area contributed by atoms with Crippen LogP contribution in [0, 0.1) is 5.82 Å². The van der Waals surface area contributed by atoms with Crippen LogP contribution in [0.15, 0.2) is 42.5 Å². The van der Waals surface area contributed by atoms with Crippen molar-refractivity contribution in [3.8, 4) is 0 Å². The second-order valence-electron chi connectivity index (χ2n) is 8.60. The van der Waals surface area contributed by atoms with Crippen LogP contribution in [0.25, 0.3) is 0 Å². The molecule has 3 heterocycles. The number of likely N-dealkylation sites (tertiary alicyclic amines) is 1. The molecule has 0 unspecified atom stereocenters. The zero-order chi connectivity index (χ0) is 20.7. The molecule has 1 spiro atoms. The molecule has 30 heavy (non-hydrogen) atoms. The van der Waals surface area contributed by atoms with E-state index in [-0.39, 0.29) is 23.3 Å². The van der Waals surface area contributed by atoms with E-state index in [1.165, 1.54) is 25.0 Å². The maximum atomic E-state index is 13.4. The number of hydrogen-bond donors (Lipinski definition) is 2. The second-order valence-corrected chi connectivity index (χ2v) is 8.60. The van der Waals surface area contributed by atoms with Crippen molar-refractivity contribution >= 4 is 17.6 Å². The van der Waals surface area contributed by atoms with Crippen molar-refractivity contribution in [3.63, 3.8) is 0 Å². The first-order valence-electron chi connectivity index (χ1n) is 10.5. The predicted octanol–water partition coefficient (Wildman–Crippen LogP) is 3.34. The van der Waals surface area contributed by atoms with Gasteiger partial charge in [-0.2, -0.15) is 0 Å². The van der Waals surface area contributed by atoms with Gasteiger partial charge in [0.25, 0.3) is 5.91 Å². The highest BCUT2D eigenvalue weighted by Crippen LogP contribution is 2.31. The average Bonchev–Trinajstić information content (AvgIpc) is 3.16. The van der Waals surface area contributed by atoms with Crippen LogP contribution in [0.1, 0.15) is 40.7 Å². The normalized spacial score (nSPS) is 19.4. The standard InChI is InChI=1S/C23H25FN4O2/c24-19-6-3-17-12-27(13-18(17)11-19)22(30)26-20-7-4-16(5-8-20)21(29)28-14-23(15-28)9-1-2-10-25-23/h3-8,11,25H,1-2,9-10,12-15H2,(H,26,30). The smallest absolute Gasteiger partial charge is 0.322 e. The zero-order valence-corrected chi connectivity index (χ0v) is 16.8. The molecule has 3 aliphatic heterocycles. The molecule has 0 saturated carbocycles. The molecule has 2 aromatic rings. The number of amides is 3. The van der Waals surface area contributed by atoms with Gasteiger partial charge in [-0.3, -0.25) is 4.79 Å². The van der Waals surface area contributed by atoms with Crippen LogP contribution in [-0.4, -0.2) is 46.9 Å². The highest BCUT2D eigenvalue weighted by atomic mass is 19.1. The van der Waals surface area contributed by atoms with Crippen LogP contribution in [0.2, 0.25) is 0 Å². The molecule has 3 amide bonds. The van der Waals surface area contributed by atoms with E-state index < -0.39 is 0 Å². The van der Waals surface area contributed by atoms with Gasteiger partial charge in [0.05, 0.1) is 5.54 Å². The Kier molecular flexibility index (Phi) is 4.70. The van der Waals surface area contributed by atoms with Crippen molar-refractivity contribution in [1.82, 2.24) is 15.1 Å². The summed E-state index contributed by atoms with van der Waals surface area (Å²) in [6, 6.07) is 11.4. The lowest BCUT2D eigenvalue weighted by atomic mass is 9.81. The van der Waals surface area contributed by atoms with Crippen molar-refractivity contribution in [2.75, 3.05) is 25.0 Å². The molecule has 3 aliphatic rings. The fraction of sp³-hybridized carbons (Fsp3) is 0.391. The summed E-state index contributed by atoms with van der Waals surface area (Å²) in [5.41, 5.74) is 3.19. The van der Waals surface area contributed by atoms with Crippen LogP contribution in [-0.2, 0) is 13.1 Å². The topological polar surface area (TPSA) is 64.7 Å². The van der Waals surface area contributed by atoms with Gasteiger partial charge in [0, 0.05) is 37.4 Å². The summed E-state index contributed by atoms with van der Waals surface area (Å²) in [7, 11) is 0. The van der Waals surface area contributed by atoms with Gasteiger partial charge in [0.1, 0.15) is 5.82 Å². The number of carbonyl (C=O) groups excluding carboxylic acids is 2. The molecule has 2 fully saturated rings. The highest BCUT2D eigenvalue weighted by Gasteiger charge is 2.45. The predicted molar refractivity (Wildman–Crippen MR) is 112 cm³/mol. The second kappa shape index (κ2) is 7.40. The number of rotatable bonds is 2. The fourth-order valence-corrected chi connectivity index (χ4v) is 4.72. The number of halogens is 1. The van der Waals surface area contributed by atoms with Crippen LogP contribution in [0.3, 0.4) is 0 Å². The molecular formula is C23H25FN4O2. The van der Waals surface area contributed by atoms with Crippen LogP contribution >= 0.6 is 0 Å². The molecule has 5 rings (SSSR count). The number of carbonyl (C=O) groups is 2. The number of anilines is 1. The molecule has 0 bridgehead atoms. The Morgan fingerprint density at radius 3 is 2.47 bits per heavy atom. The molecule has 0 atom stereocenters. The molecule has 0 radical (unpaired) electrons. The Labute approximate surface area is 175 Å². The first-order valence-corrected chi connectivity index (χ1v) is 10.5. The van der Waals surface area contributed by atoms with E-state index in [1.807, 2.05) is 4.90 Å². The Morgan fingerprint density at radius 2 is 1.73 bits per heavy atom. The monoisotopic (exact) mass is 408 g/mol. The third kappa shape index (κ3) is 3.54. The average molecular weight is 408 g/mol. The Balaban J connectivity index is 1.17. The van der Waals surface area contributed by atoms with E-state index in [0.717, 1.165) is 37.2 Å². The Morgan fingerprint density at radius 1 is 0.967 bits per heavy atom. The molecule has 2 aromatic carbocycles. The quantitative estimate of drug-likeness (QED) is 0.801. The number of nitrogens with zero attached hydrogens (tertiary/aromatic N) is 2. The van der Waals surface area contributed by atoms with Crippen LogP contribution < -0.4 is 10.6 Å². The van der Waals surface area contributed by atoms with Gasteiger partial charge in [0.2, 0.25) is 0 Å². The van der Waals surface area contributed by atoms with E-state index in [0.29, 0.717) is 24.3 Å². The lowest BCUT2D eigenvalue weighted by molar-refractivity contribution is 0.0190. The lowest BCUT2D eigenvalue weighted by Gasteiger charge is -2.52. The zero-order valence-electron chi connectivity index (χ0n) is 16.8. The van der Waals surface area contributed by atoms with Gasteiger partial charge in [-0.15, -0.1) is 0 Å². The Hall–Kier alpha value is -2.93. The first-order chi connectivity index (χ1) is 14.5. The number of piperidine rings is 1. The van der Waals surface area contributed by atoms with Crippen molar-refractivity contribution in [3.05, 3.63) is 65.0 Å². The molecule has 6 nitrogen and oxygen atoms in total. The maximum Gasteiger partial charge on any atom is 0.322 e. The molecule has 2 N–H and O–H groups in total. The number of benzene rings is 2. The number of hydrogen-bond acceptors (Lipinski definition) is 3. The summed E-state index contributed by atoms with van der Waals surface area (Å²) < 4.78 is 13.4. The molecule has 7 heteroatoms. The van der Waals surface area contributed by atoms with Crippen molar-refractivity contribution in [1.29, 1.82) is 0 Å². The largest absolute Gasteiger partial charge is 0.335 e. The van der Waals surface area contributed by atoms with Gasteiger partial charge >= 0.3 is 6.03 Å². The van der Waals surface area contributed by atoms with Crippen molar-refractivity contribution in [2.45, 2.75) is 37.9 Å². The van der Waals surface area contributed by atoms with Gasteiger partial charge in [0.15, 0.2) is 0 Å². The number of urea groups is 1. The third-order valence-corrected chi connectivity index (χ3v) is 6.42. The SMILES string of the molecule is O=C(Nc1ccc(C(=O)N2CC3(CCCCN3)C2)cc1)N1Cc2ccc(F)cc2C1. The van der Waals surface area contributed by atoms with Gasteiger partial charge in [-0.05, 0) is 66.9 Å². The van der Waals surface area contributed by atoms with Crippen LogP contribution in [0.4, 0.5) is 14.9 Å². The molecule has 156 valence electrons. The summed E-state index contributed by atoms with van der Waals surface area (Å²) in [5.74, 6) is -0.258. The van der Waals surface area contributed by atoms with Gasteiger partial charge < -0.3 is 20.4 Å². The third-order valence-electron chi connectivity index (χ3n) is 6.42. The van der Waals surface area contributed by atoms with Gasteiger partial charge in [-0.25, -0.2) is 9.18 Å². The highest BCUT2D eigenvalue weighted by molar-refractivity contribution is 5.96.